The minimum atomic E-state index is -4.16. The zero-order valence-corrected chi connectivity index (χ0v) is 26.3. The molecule has 2 amide bonds. The smallest absolute Gasteiger partial charge is 0.264 e. The third-order valence-corrected chi connectivity index (χ3v) is 8.92. The van der Waals surface area contributed by atoms with Crippen molar-refractivity contribution < 1.29 is 22.7 Å². The van der Waals surface area contributed by atoms with Gasteiger partial charge in [0.1, 0.15) is 24.1 Å². The molecule has 1 atom stereocenters. The Morgan fingerprint density at radius 2 is 1.36 bits per heavy atom. The molecule has 0 radical (unpaired) electrons. The van der Waals surface area contributed by atoms with E-state index in [0.29, 0.717) is 17.9 Å². The molecule has 0 saturated carbocycles. The Hall–Kier alpha value is -4.63. The highest BCUT2D eigenvalue weighted by Crippen LogP contribution is 2.29. The first-order valence-corrected chi connectivity index (χ1v) is 16.1. The van der Waals surface area contributed by atoms with Gasteiger partial charge in [-0.25, -0.2) is 8.42 Å². The van der Waals surface area contributed by atoms with E-state index in [2.05, 4.69) is 5.32 Å². The fraction of sp³-hybridized carbons (Fsp3) is 0.257. The molecule has 0 aliphatic carbocycles. The van der Waals surface area contributed by atoms with Crippen molar-refractivity contribution in [1.29, 1.82) is 0 Å². The highest BCUT2D eigenvalue weighted by molar-refractivity contribution is 7.92. The van der Waals surface area contributed by atoms with Gasteiger partial charge in [0.15, 0.2) is 0 Å². The lowest BCUT2D eigenvalue weighted by molar-refractivity contribution is -0.140. The molecule has 0 heterocycles. The molecule has 0 fully saturated rings. The number of hydrogen-bond acceptors (Lipinski definition) is 5. The van der Waals surface area contributed by atoms with Crippen LogP contribution in [0, 0.1) is 6.92 Å². The molecule has 9 heteroatoms. The number of rotatable bonds is 13. The summed E-state index contributed by atoms with van der Waals surface area (Å²) in [5, 5.41) is 2.92. The third kappa shape index (κ3) is 8.05. The van der Waals surface area contributed by atoms with Crippen molar-refractivity contribution in [2.24, 2.45) is 0 Å². The van der Waals surface area contributed by atoms with Crippen LogP contribution in [-0.4, -0.2) is 43.8 Å². The van der Waals surface area contributed by atoms with Crippen molar-refractivity contribution >= 4 is 27.5 Å². The summed E-state index contributed by atoms with van der Waals surface area (Å²) in [4.78, 5) is 29.1. The topological polar surface area (TPSA) is 96.0 Å². The number of anilines is 1. The SMILES string of the molecule is CCC(C(=O)NC(C)C)N(Cc1ccccc1C)C(=O)CN(c1ccc(Oc2ccccc2)cc1)S(=O)(=O)c1ccccc1. The van der Waals surface area contributed by atoms with Crippen molar-refractivity contribution in [3.63, 3.8) is 0 Å². The van der Waals surface area contributed by atoms with Crippen LogP contribution < -0.4 is 14.4 Å². The molecular weight excluding hydrogens is 574 g/mol. The van der Waals surface area contributed by atoms with Crippen molar-refractivity contribution in [1.82, 2.24) is 10.2 Å². The maximum atomic E-state index is 14.2. The second-order valence-corrected chi connectivity index (χ2v) is 12.6. The highest BCUT2D eigenvalue weighted by atomic mass is 32.2. The molecule has 4 aromatic carbocycles. The lowest BCUT2D eigenvalue weighted by Crippen LogP contribution is -2.53. The number of para-hydroxylation sites is 1. The number of carbonyl (C=O) groups excluding carboxylic acids is 2. The van der Waals surface area contributed by atoms with Crippen LogP contribution in [-0.2, 0) is 26.2 Å². The van der Waals surface area contributed by atoms with Gasteiger partial charge in [0.05, 0.1) is 10.6 Å². The number of ether oxygens (including phenoxy) is 1. The molecule has 0 aromatic heterocycles. The fourth-order valence-corrected chi connectivity index (χ4v) is 6.26. The average molecular weight is 614 g/mol. The first-order chi connectivity index (χ1) is 21.1. The summed E-state index contributed by atoms with van der Waals surface area (Å²) < 4.78 is 35.1. The first-order valence-electron chi connectivity index (χ1n) is 14.6. The summed E-state index contributed by atoms with van der Waals surface area (Å²) in [5.74, 6) is 0.370. The van der Waals surface area contributed by atoms with E-state index < -0.39 is 28.5 Å². The molecule has 230 valence electrons. The molecule has 0 spiro atoms. The Morgan fingerprint density at radius 3 is 1.95 bits per heavy atom. The van der Waals surface area contributed by atoms with Gasteiger partial charge >= 0.3 is 0 Å². The van der Waals surface area contributed by atoms with Crippen molar-refractivity contribution in [2.45, 2.75) is 57.6 Å². The van der Waals surface area contributed by atoms with Gasteiger partial charge in [-0.3, -0.25) is 13.9 Å². The third-order valence-electron chi connectivity index (χ3n) is 7.13. The molecule has 0 aliphatic rings. The Balaban J connectivity index is 1.72. The lowest BCUT2D eigenvalue weighted by Gasteiger charge is -2.34. The van der Waals surface area contributed by atoms with E-state index >= 15 is 0 Å². The minimum Gasteiger partial charge on any atom is -0.457 e. The second kappa shape index (κ2) is 14.7. The molecule has 44 heavy (non-hydrogen) atoms. The second-order valence-electron chi connectivity index (χ2n) is 10.8. The lowest BCUT2D eigenvalue weighted by atomic mass is 10.1. The largest absolute Gasteiger partial charge is 0.457 e. The number of benzene rings is 4. The Labute approximate surface area is 260 Å². The first kappa shape index (κ1) is 32.3. The van der Waals surface area contributed by atoms with Crippen LogP contribution in [0.4, 0.5) is 5.69 Å². The van der Waals surface area contributed by atoms with Crippen LogP contribution >= 0.6 is 0 Å². The predicted molar refractivity (Wildman–Crippen MR) is 173 cm³/mol. The van der Waals surface area contributed by atoms with Gasteiger partial charge in [0.2, 0.25) is 11.8 Å². The normalized spacial score (nSPS) is 11.9. The predicted octanol–water partition coefficient (Wildman–Crippen LogP) is 6.31. The van der Waals surface area contributed by atoms with E-state index in [0.717, 1.165) is 15.4 Å². The Kier molecular flexibility index (Phi) is 10.8. The molecule has 8 nitrogen and oxygen atoms in total. The van der Waals surface area contributed by atoms with Crippen LogP contribution in [0.25, 0.3) is 0 Å². The van der Waals surface area contributed by atoms with Gasteiger partial charge in [-0.15, -0.1) is 0 Å². The summed E-state index contributed by atoms with van der Waals surface area (Å²) in [7, 11) is -4.16. The van der Waals surface area contributed by atoms with E-state index in [1.807, 2.05) is 82.3 Å². The number of carbonyl (C=O) groups is 2. The standard InChI is InChI=1S/C35H39N3O5S/c1-5-33(35(40)36-26(2)3)37(24-28-15-13-12-14-27(28)4)34(39)25-38(44(41,42)32-18-10-7-11-19-32)29-20-22-31(23-21-29)43-30-16-8-6-9-17-30/h6-23,26,33H,5,24-25H2,1-4H3,(H,36,40). The van der Waals surface area contributed by atoms with Gasteiger partial charge < -0.3 is 15.0 Å². The van der Waals surface area contributed by atoms with E-state index in [1.165, 1.54) is 17.0 Å². The average Bonchev–Trinajstić information content (AvgIpc) is 3.01. The van der Waals surface area contributed by atoms with E-state index in [4.69, 9.17) is 4.74 Å². The van der Waals surface area contributed by atoms with Crippen molar-refractivity contribution in [2.75, 3.05) is 10.8 Å². The highest BCUT2D eigenvalue weighted by Gasteiger charge is 2.34. The van der Waals surface area contributed by atoms with Gasteiger partial charge in [-0.2, -0.15) is 0 Å². The summed E-state index contributed by atoms with van der Waals surface area (Å²) in [6.07, 6.45) is 0.354. The van der Waals surface area contributed by atoms with Crippen molar-refractivity contribution in [3.8, 4) is 11.5 Å². The number of amides is 2. The number of aryl methyl sites for hydroxylation is 1. The monoisotopic (exact) mass is 613 g/mol. The van der Waals surface area contributed by atoms with Gasteiger partial charge in [-0.1, -0.05) is 67.6 Å². The fourth-order valence-electron chi connectivity index (χ4n) is 4.82. The zero-order valence-electron chi connectivity index (χ0n) is 25.5. The molecule has 1 unspecified atom stereocenters. The number of nitrogens with zero attached hydrogens (tertiary/aromatic N) is 2. The summed E-state index contributed by atoms with van der Waals surface area (Å²) >= 11 is 0. The summed E-state index contributed by atoms with van der Waals surface area (Å²) in [6.45, 7) is 7.14. The summed E-state index contributed by atoms with van der Waals surface area (Å²) in [6, 6.07) is 30.5. The zero-order chi connectivity index (χ0) is 31.7. The molecule has 1 N–H and O–H groups in total. The van der Waals surface area contributed by atoms with E-state index in [1.54, 1.807) is 42.5 Å². The van der Waals surface area contributed by atoms with Crippen molar-refractivity contribution in [3.05, 3.63) is 120 Å². The van der Waals surface area contributed by atoms with Gasteiger partial charge in [-0.05, 0) is 86.8 Å². The van der Waals surface area contributed by atoms with E-state index in [-0.39, 0.29) is 29.1 Å². The number of nitrogens with one attached hydrogen (secondary N) is 1. The number of sulfonamides is 1. The molecule has 4 aromatic rings. The maximum absolute atomic E-state index is 14.2. The van der Waals surface area contributed by atoms with Crippen LogP contribution in [0.2, 0.25) is 0 Å². The molecule has 0 saturated heterocycles. The van der Waals surface area contributed by atoms with Crippen LogP contribution in [0.5, 0.6) is 11.5 Å². The molecule has 4 rings (SSSR count). The maximum Gasteiger partial charge on any atom is 0.264 e. The number of hydrogen-bond donors (Lipinski definition) is 1. The molecule has 0 bridgehead atoms. The Bertz CT molecular complexity index is 1640. The molecule has 0 aliphatic heterocycles. The van der Waals surface area contributed by atoms with Gasteiger partial charge in [0.25, 0.3) is 10.0 Å². The van der Waals surface area contributed by atoms with Crippen LogP contribution in [0.1, 0.15) is 38.3 Å². The Morgan fingerprint density at radius 1 is 0.795 bits per heavy atom. The molecular formula is C35H39N3O5S. The minimum absolute atomic E-state index is 0.0486. The van der Waals surface area contributed by atoms with E-state index in [9.17, 15) is 18.0 Å². The van der Waals surface area contributed by atoms with Crippen LogP contribution in [0.15, 0.2) is 114 Å². The van der Waals surface area contributed by atoms with Crippen LogP contribution in [0.3, 0.4) is 0 Å². The summed E-state index contributed by atoms with van der Waals surface area (Å²) in [5.41, 5.74) is 2.13. The van der Waals surface area contributed by atoms with Gasteiger partial charge in [0, 0.05) is 12.6 Å². The quantitative estimate of drug-likeness (QED) is 0.191.